The lowest BCUT2D eigenvalue weighted by Gasteiger charge is -2.25. The minimum atomic E-state index is -0.726. The number of benzene rings is 3. The summed E-state index contributed by atoms with van der Waals surface area (Å²) in [4.78, 5) is 45.1. The maximum atomic E-state index is 14.0. The topological polar surface area (TPSA) is 112 Å². The molecule has 226 valence electrons. The number of hydrogen-bond donors (Lipinski definition) is 1. The maximum absolute atomic E-state index is 14.0. The zero-order chi connectivity index (χ0) is 31.5. The zero-order valence-corrected chi connectivity index (χ0v) is 25.6. The number of ether oxygens (including phenoxy) is 2. The van der Waals surface area contributed by atoms with Crippen LogP contribution in [0.25, 0.3) is 17.4 Å². The second-order valence-corrected chi connectivity index (χ2v) is 11.2. The van der Waals surface area contributed by atoms with Gasteiger partial charge in [-0.15, -0.1) is 0 Å². The van der Waals surface area contributed by atoms with Crippen LogP contribution >= 0.6 is 11.3 Å². The third-order valence-electron chi connectivity index (χ3n) is 7.29. The first kappa shape index (κ1) is 29.6. The number of allylic oxidation sites excluding steroid dienone is 1. The summed E-state index contributed by atoms with van der Waals surface area (Å²) in [6, 6.07) is 26.2. The van der Waals surface area contributed by atoms with Gasteiger partial charge in [0.05, 0.1) is 41.1 Å². The third kappa shape index (κ3) is 6.00. The van der Waals surface area contributed by atoms with Crippen LogP contribution in [0.3, 0.4) is 0 Å². The highest BCUT2D eigenvalue weighted by Gasteiger charge is 2.32. The van der Waals surface area contributed by atoms with Crippen LogP contribution in [0.1, 0.15) is 41.6 Å². The Labute approximate surface area is 262 Å². The van der Waals surface area contributed by atoms with E-state index in [-0.39, 0.29) is 18.1 Å². The fourth-order valence-electron chi connectivity index (χ4n) is 5.16. The van der Waals surface area contributed by atoms with Gasteiger partial charge in [-0.05, 0) is 67.9 Å². The van der Waals surface area contributed by atoms with E-state index in [1.807, 2.05) is 36.4 Å². The molecule has 0 saturated carbocycles. The number of nitrogens with one attached hydrogen (secondary N) is 1. The minimum Gasteiger partial charge on any atom is -0.497 e. The highest BCUT2D eigenvalue weighted by molar-refractivity contribution is 7.07. The Morgan fingerprint density at radius 2 is 1.80 bits per heavy atom. The fourth-order valence-corrected chi connectivity index (χ4v) is 6.19. The van der Waals surface area contributed by atoms with Gasteiger partial charge in [-0.2, -0.15) is 0 Å². The minimum absolute atomic E-state index is 0.281. The van der Waals surface area contributed by atoms with Crippen molar-refractivity contribution in [3.05, 3.63) is 139 Å². The van der Waals surface area contributed by atoms with Crippen molar-refractivity contribution < 1.29 is 23.5 Å². The van der Waals surface area contributed by atoms with E-state index in [2.05, 4.69) is 5.32 Å². The quantitative estimate of drug-likeness (QED) is 0.236. The molecule has 0 unspecified atom stereocenters. The molecule has 1 N–H and O–H groups in total. The molecule has 0 fully saturated rings. The lowest BCUT2D eigenvalue weighted by atomic mass is 9.95. The van der Waals surface area contributed by atoms with Gasteiger partial charge in [0.15, 0.2) is 4.80 Å². The number of anilines is 1. The van der Waals surface area contributed by atoms with Gasteiger partial charge in [0.25, 0.3) is 11.5 Å². The SMILES string of the molecule is CCOC(=O)c1cccc(-c2ccc(/C=c3/sc4n(c3=O)[C@@H](c3ccc(OC)cc3)C(C(=O)Nc3ccccc3)=C(C)N=4)o2)c1. The summed E-state index contributed by atoms with van der Waals surface area (Å²) in [5, 5.41) is 2.95. The van der Waals surface area contributed by atoms with E-state index in [1.165, 1.54) is 11.3 Å². The van der Waals surface area contributed by atoms with Gasteiger partial charge in [-0.1, -0.05) is 53.8 Å². The molecule has 2 aromatic heterocycles. The first-order chi connectivity index (χ1) is 21.9. The number of methoxy groups -OCH3 is 1. The predicted octanol–water partition coefficient (Wildman–Crippen LogP) is 5.32. The summed E-state index contributed by atoms with van der Waals surface area (Å²) < 4.78 is 18.5. The van der Waals surface area contributed by atoms with Crippen molar-refractivity contribution in [1.29, 1.82) is 0 Å². The monoisotopic (exact) mass is 619 g/mol. The number of carbonyl (C=O) groups excluding carboxylic acids is 2. The Morgan fingerprint density at radius 3 is 2.53 bits per heavy atom. The molecule has 0 saturated heterocycles. The number of aromatic nitrogens is 1. The van der Waals surface area contributed by atoms with Crippen LogP contribution in [-0.2, 0) is 9.53 Å². The molecule has 3 aromatic carbocycles. The van der Waals surface area contributed by atoms with Crippen LogP contribution < -0.4 is 24.9 Å². The van der Waals surface area contributed by atoms with Gasteiger partial charge in [0.2, 0.25) is 0 Å². The summed E-state index contributed by atoms with van der Waals surface area (Å²) in [5.74, 6) is 0.884. The third-order valence-corrected chi connectivity index (χ3v) is 8.27. The number of carbonyl (C=O) groups is 2. The molecule has 0 radical (unpaired) electrons. The van der Waals surface area contributed by atoms with E-state index in [9.17, 15) is 14.4 Å². The summed E-state index contributed by atoms with van der Waals surface area (Å²) >= 11 is 1.22. The van der Waals surface area contributed by atoms with Gasteiger partial charge < -0.3 is 19.2 Å². The van der Waals surface area contributed by atoms with Crippen molar-refractivity contribution in [2.24, 2.45) is 4.99 Å². The molecule has 5 aromatic rings. The second-order valence-electron chi connectivity index (χ2n) is 10.2. The molecule has 1 aliphatic heterocycles. The highest BCUT2D eigenvalue weighted by atomic mass is 32.1. The number of rotatable bonds is 8. The number of furan rings is 1. The Kier molecular flexibility index (Phi) is 8.30. The predicted molar refractivity (Wildman–Crippen MR) is 172 cm³/mol. The van der Waals surface area contributed by atoms with Crippen molar-refractivity contribution in [2.45, 2.75) is 19.9 Å². The van der Waals surface area contributed by atoms with Gasteiger partial charge >= 0.3 is 5.97 Å². The molecule has 0 aliphatic carbocycles. The first-order valence-corrected chi connectivity index (χ1v) is 15.1. The number of hydrogen-bond acceptors (Lipinski definition) is 8. The second kappa shape index (κ2) is 12.6. The van der Waals surface area contributed by atoms with Gasteiger partial charge in [-0.3, -0.25) is 14.2 Å². The van der Waals surface area contributed by atoms with Crippen molar-refractivity contribution in [1.82, 2.24) is 4.57 Å². The van der Waals surface area contributed by atoms with Crippen LogP contribution in [0.5, 0.6) is 5.75 Å². The largest absolute Gasteiger partial charge is 0.497 e. The molecule has 1 amide bonds. The number of amides is 1. The van der Waals surface area contributed by atoms with Crippen molar-refractivity contribution >= 4 is 35.0 Å². The molecular weight excluding hydrogens is 590 g/mol. The van der Waals surface area contributed by atoms with E-state index in [1.54, 1.807) is 86.2 Å². The van der Waals surface area contributed by atoms with Crippen LogP contribution in [0.4, 0.5) is 5.69 Å². The molecule has 3 heterocycles. The summed E-state index contributed by atoms with van der Waals surface area (Å²) in [6.07, 6.45) is 1.66. The number of thiazole rings is 1. The molecular formula is C35H29N3O6S. The summed E-state index contributed by atoms with van der Waals surface area (Å²) in [7, 11) is 1.58. The lowest BCUT2D eigenvalue weighted by Crippen LogP contribution is -2.40. The molecule has 10 heteroatoms. The van der Waals surface area contributed by atoms with Crippen LogP contribution in [0, 0.1) is 0 Å². The zero-order valence-electron chi connectivity index (χ0n) is 24.8. The molecule has 45 heavy (non-hydrogen) atoms. The average molecular weight is 620 g/mol. The summed E-state index contributed by atoms with van der Waals surface area (Å²) in [5.41, 5.74) is 3.06. The van der Waals surface area contributed by atoms with E-state index in [0.717, 1.165) is 5.56 Å². The van der Waals surface area contributed by atoms with Crippen LogP contribution in [0.15, 0.2) is 116 Å². The van der Waals surface area contributed by atoms with Crippen molar-refractivity contribution in [3.8, 4) is 17.1 Å². The smallest absolute Gasteiger partial charge is 0.338 e. The number of fused-ring (bicyclic) bond motifs is 1. The Morgan fingerprint density at radius 1 is 1.02 bits per heavy atom. The van der Waals surface area contributed by atoms with Crippen LogP contribution in [0.2, 0.25) is 0 Å². The van der Waals surface area contributed by atoms with Crippen molar-refractivity contribution in [3.63, 3.8) is 0 Å². The molecule has 0 spiro atoms. The normalized spacial score (nSPS) is 14.5. The molecule has 1 atom stereocenters. The van der Waals surface area contributed by atoms with Crippen molar-refractivity contribution in [2.75, 3.05) is 19.0 Å². The molecule has 6 rings (SSSR count). The number of esters is 1. The Hall–Kier alpha value is -5.48. The Bertz CT molecular complexity index is 2110. The number of para-hydroxylation sites is 1. The van der Waals surface area contributed by atoms with Gasteiger partial charge in [-0.25, -0.2) is 9.79 Å². The fraction of sp³-hybridized carbons (Fsp3) is 0.143. The first-order valence-electron chi connectivity index (χ1n) is 14.3. The molecule has 0 bridgehead atoms. The average Bonchev–Trinajstić information content (AvgIpc) is 3.65. The van der Waals surface area contributed by atoms with Gasteiger partial charge in [0.1, 0.15) is 17.3 Å². The maximum Gasteiger partial charge on any atom is 0.338 e. The van der Waals surface area contributed by atoms with Gasteiger partial charge in [0, 0.05) is 17.3 Å². The molecule has 9 nitrogen and oxygen atoms in total. The van der Waals surface area contributed by atoms with E-state index in [4.69, 9.17) is 18.9 Å². The highest BCUT2D eigenvalue weighted by Crippen LogP contribution is 2.32. The lowest BCUT2D eigenvalue weighted by molar-refractivity contribution is -0.113. The molecule has 1 aliphatic rings. The van der Waals surface area contributed by atoms with E-state index >= 15 is 0 Å². The standard InChI is InChI=1S/C35H29N3O6S/c1-4-43-34(41)24-10-8-9-23(19-24)28-18-17-27(44-28)20-29-33(40)38-31(22-13-15-26(42-3)16-14-22)30(21(2)36-35(38)45-29)32(39)37-25-11-6-5-7-12-25/h5-20,31H,4H2,1-3H3,(H,37,39)/b29-20+/t31-/m0/s1. The summed E-state index contributed by atoms with van der Waals surface area (Å²) in [6.45, 7) is 3.81. The van der Waals surface area contributed by atoms with Crippen LogP contribution in [-0.4, -0.2) is 30.2 Å². The van der Waals surface area contributed by atoms with E-state index in [0.29, 0.717) is 54.7 Å². The Balaban J connectivity index is 1.40. The van der Waals surface area contributed by atoms with E-state index < -0.39 is 12.0 Å². The number of nitrogens with zero attached hydrogens (tertiary/aromatic N) is 2.